The highest BCUT2D eigenvalue weighted by molar-refractivity contribution is 7.14. The van der Waals surface area contributed by atoms with E-state index in [4.69, 9.17) is 9.47 Å². The lowest BCUT2D eigenvalue weighted by atomic mass is 10.0. The summed E-state index contributed by atoms with van der Waals surface area (Å²) in [6.07, 6.45) is 0. The Morgan fingerprint density at radius 2 is 1.19 bits per heavy atom. The van der Waals surface area contributed by atoms with Gasteiger partial charge in [0.25, 0.3) is 0 Å². The van der Waals surface area contributed by atoms with Crippen molar-refractivity contribution in [3.63, 3.8) is 0 Å². The molecule has 176 valence electrons. The van der Waals surface area contributed by atoms with Gasteiger partial charge in [-0.15, -0.1) is 22.7 Å². The van der Waals surface area contributed by atoms with Crippen LogP contribution >= 0.6 is 34.4 Å². The minimum Gasteiger partial charge on any atom is -0.478 e. The summed E-state index contributed by atoms with van der Waals surface area (Å²) in [5.41, 5.74) is 3.23. The van der Waals surface area contributed by atoms with E-state index in [9.17, 15) is 9.90 Å². The average Bonchev–Trinajstić information content (AvgIpc) is 3.68. The SMILES string of the molecule is O=C(O)c1ccc(Oc2c(Oc3ccccc3)c(-c3cccs3)c3nsnc3c2-c2cccs2)cc1. The Hall–Kier alpha value is -4.05. The Bertz CT molecular complexity index is 1640. The first-order valence-corrected chi connectivity index (χ1v) is 13.3. The first-order chi connectivity index (χ1) is 17.7. The first-order valence-electron chi connectivity index (χ1n) is 10.8. The summed E-state index contributed by atoms with van der Waals surface area (Å²) in [6.45, 7) is 0. The number of nitrogens with zero attached hydrogens (tertiary/aromatic N) is 2. The second-order valence-corrected chi connectivity index (χ2v) is 10.1. The number of rotatable bonds is 7. The van der Waals surface area contributed by atoms with E-state index in [1.54, 1.807) is 34.8 Å². The molecule has 0 saturated heterocycles. The fraction of sp³-hybridized carbons (Fsp3) is 0. The van der Waals surface area contributed by atoms with Gasteiger partial charge in [-0.2, -0.15) is 8.75 Å². The van der Waals surface area contributed by atoms with Crippen LogP contribution < -0.4 is 9.47 Å². The Kier molecular flexibility index (Phi) is 5.94. The standard InChI is InChI=1S/C27H16N2O4S3/c30-27(31)16-10-12-18(13-11-16)33-26-22(20-9-5-15-35-20)24-23(28-36-29-24)21(19-8-4-14-34-19)25(26)32-17-6-2-1-3-7-17/h1-15H,(H,30,31). The second-order valence-electron chi connectivity index (χ2n) is 7.67. The molecule has 6 aromatic rings. The molecule has 0 aliphatic carbocycles. The van der Waals surface area contributed by atoms with Gasteiger partial charge in [0.15, 0.2) is 11.5 Å². The number of carboxylic acids is 1. The zero-order valence-electron chi connectivity index (χ0n) is 18.5. The van der Waals surface area contributed by atoms with E-state index in [-0.39, 0.29) is 5.56 Å². The Balaban J connectivity index is 1.65. The molecule has 3 heterocycles. The highest BCUT2D eigenvalue weighted by atomic mass is 32.1. The van der Waals surface area contributed by atoms with Crippen molar-refractivity contribution in [1.29, 1.82) is 0 Å². The smallest absolute Gasteiger partial charge is 0.335 e. The number of hydrogen-bond acceptors (Lipinski definition) is 8. The third-order valence-electron chi connectivity index (χ3n) is 5.44. The molecule has 3 aromatic carbocycles. The number of benzene rings is 3. The summed E-state index contributed by atoms with van der Waals surface area (Å²) < 4.78 is 22.4. The van der Waals surface area contributed by atoms with Gasteiger partial charge in [-0.25, -0.2) is 4.79 Å². The molecule has 6 nitrogen and oxygen atoms in total. The minimum atomic E-state index is -0.996. The number of carboxylic acid groups (broad SMARTS) is 1. The van der Waals surface area contributed by atoms with Gasteiger partial charge < -0.3 is 14.6 Å². The van der Waals surface area contributed by atoms with Gasteiger partial charge in [0.05, 0.1) is 28.4 Å². The molecule has 0 saturated carbocycles. The zero-order valence-corrected chi connectivity index (χ0v) is 20.9. The summed E-state index contributed by atoms with van der Waals surface area (Å²) in [7, 11) is 0. The number of aromatic nitrogens is 2. The van der Waals surface area contributed by atoms with Gasteiger partial charge in [-0.1, -0.05) is 30.3 Å². The van der Waals surface area contributed by atoms with Crippen LogP contribution in [0.25, 0.3) is 31.9 Å². The van der Waals surface area contributed by atoms with Gasteiger partial charge in [0, 0.05) is 9.75 Å². The van der Waals surface area contributed by atoms with Crippen molar-refractivity contribution < 1.29 is 19.4 Å². The molecule has 0 spiro atoms. The lowest BCUT2D eigenvalue weighted by Gasteiger charge is -2.19. The highest BCUT2D eigenvalue weighted by Gasteiger charge is 2.29. The maximum absolute atomic E-state index is 11.4. The van der Waals surface area contributed by atoms with Crippen molar-refractivity contribution in [2.24, 2.45) is 0 Å². The number of carbonyl (C=O) groups is 1. The van der Waals surface area contributed by atoms with Crippen molar-refractivity contribution in [2.45, 2.75) is 0 Å². The molecule has 6 rings (SSSR count). The topological polar surface area (TPSA) is 81.5 Å². The highest BCUT2D eigenvalue weighted by Crippen LogP contribution is 2.54. The molecule has 0 radical (unpaired) electrons. The first kappa shape index (κ1) is 22.4. The van der Waals surface area contributed by atoms with Crippen LogP contribution in [-0.4, -0.2) is 19.8 Å². The Morgan fingerprint density at radius 1 is 0.667 bits per heavy atom. The van der Waals surface area contributed by atoms with E-state index in [1.807, 2.05) is 65.4 Å². The summed E-state index contributed by atoms with van der Waals surface area (Å²) in [5.74, 6) is 1.16. The van der Waals surface area contributed by atoms with E-state index in [2.05, 4.69) is 8.75 Å². The summed E-state index contributed by atoms with van der Waals surface area (Å²) in [4.78, 5) is 13.3. The van der Waals surface area contributed by atoms with E-state index in [0.29, 0.717) is 23.0 Å². The molecule has 36 heavy (non-hydrogen) atoms. The number of para-hydroxylation sites is 1. The van der Waals surface area contributed by atoms with Crippen LogP contribution in [0.3, 0.4) is 0 Å². The fourth-order valence-electron chi connectivity index (χ4n) is 3.84. The van der Waals surface area contributed by atoms with Crippen LogP contribution in [0.5, 0.6) is 23.0 Å². The second kappa shape index (κ2) is 9.54. The molecular formula is C27H16N2O4S3. The Morgan fingerprint density at radius 3 is 1.67 bits per heavy atom. The van der Waals surface area contributed by atoms with Crippen molar-refractivity contribution >= 4 is 51.4 Å². The summed E-state index contributed by atoms with van der Waals surface area (Å²) >= 11 is 4.29. The average molecular weight is 529 g/mol. The van der Waals surface area contributed by atoms with Crippen LogP contribution in [0.1, 0.15) is 10.4 Å². The Labute approximate surface area is 218 Å². The van der Waals surface area contributed by atoms with Gasteiger partial charge in [0.2, 0.25) is 0 Å². The van der Waals surface area contributed by atoms with Crippen molar-refractivity contribution in [3.05, 3.63) is 95.2 Å². The predicted octanol–water partition coefficient (Wildman–Crippen LogP) is 8.43. The van der Waals surface area contributed by atoms with E-state index in [0.717, 1.165) is 43.6 Å². The van der Waals surface area contributed by atoms with Gasteiger partial charge >= 0.3 is 5.97 Å². The third-order valence-corrected chi connectivity index (χ3v) is 7.75. The van der Waals surface area contributed by atoms with Crippen LogP contribution in [0.4, 0.5) is 0 Å². The number of thiophene rings is 2. The molecule has 0 unspecified atom stereocenters. The number of aromatic carboxylic acids is 1. The number of fused-ring (bicyclic) bond motifs is 1. The van der Waals surface area contributed by atoms with E-state index < -0.39 is 5.97 Å². The van der Waals surface area contributed by atoms with Crippen molar-refractivity contribution in [3.8, 4) is 43.9 Å². The van der Waals surface area contributed by atoms with Crippen LogP contribution in [-0.2, 0) is 0 Å². The maximum atomic E-state index is 11.4. The lowest BCUT2D eigenvalue weighted by Crippen LogP contribution is -1.98. The summed E-state index contributed by atoms with van der Waals surface area (Å²) in [5, 5.41) is 13.3. The number of ether oxygens (including phenoxy) is 2. The number of hydrogen-bond donors (Lipinski definition) is 1. The van der Waals surface area contributed by atoms with Crippen LogP contribution in [0.2, 0.25) is 0 Å². The molecule has 3 aromatic heterocycles. The van der Waals surface area contributed by atoms with Crippen LogP contribution in [0, 0.1) is 0 Å². The zero-order chi connectivity index (χ0) is 24.5. The quantitative estimate of drug-likeness (QED) is 0.224. The molecule has 1 N–H and O–H groups in total. The van der Waals surface area contributed by atoms with E-state index in [1.165, 1.54) is 12.1 Å². The largest absolute Gasteiger partial charge is 0.478 e. The maximum Gasteiger partial charge on any atom is 0.335 e. The molecule has 0 aliphatic rings. The summed E-state index contributed by atoms with van der Waals surface area (Å²) in [6, 6.07) is 23.8. The predicted molar refractivity (Wildman–Crippen MR) is 144 cm³/mol. The molecule has 0 atom stereocenters. The molecule has 0 bridgehead atoms. The van der Waals surface area contributed by atoms with Crippen LogP contribution in [0.15, 0.2) is 89.6 Å². The third kappa shape index (κ3) is 4.13. The van der Waals surface area contributed by atoms with Gasteiger partial charge in [0.1, 0.15) is 22.5 Å². The normalized spacial score (nSPS) is 11.0. The van der Waals surface area contributed by atoms with Gasteiger partial charge in [-0.05, 0) is 59.3 Å². The lowest BCUT2D eigenvalue weighted by molar-refractivity contribution is 0.0697. The fourth-order valence-corrected chi connectivity index (χ4v) is 5.94. The molecule has 0 aliphatic heterocycles. The molecule has 0 amide bonds. The van der Waals surface area contributed by atoms with Crippen molar-refractivity contribution in [2.75, 3.05) is 0 Å². The monoisotopic (exact) mass is 528 g/mol. The van der Waals surface area contributed by atoms with E-state index >= 15 is 0 Å². The van der Waals surface area contributed by atoms with Crippen molar-refractivity contribution in [1.82, 2.24) is 8.75 Å². The molecule has 0 fully saturated rings. The molecule has 9 heteroatoms. The molecular weight excluding hydrogens is 513 g/mol. The minimum absolute atomic E-state index is 0.181. The van der Waals surface area contributed by atoms with Gasteiger partial charge in [-0.3, -0.25) is 0 Å².